The van der Waals surface area contributed by atoms with Crippen LogP contribution in [-0.4, -0.2) is 26.8 Å². The summed E-state index contributed by atoms with van der Waals surface area (Å²) < 4.78 is 25.4. The number of benzene rings is 1. The van der Waals surface area contributed by atoms with Crippen molar-refractivity contribution >= 4 is 21.4 Å². The maximum atomic E-state index is 12.7. The average Bonchev–Trinajstić information content (AvgIpc) is 2.38. The molecule has 0 spiro atoms. The van der Waals surface area contributed by atoms with Gasteiger partial charge in [-0.15, -0.1) is 0 Å². The Hall–Kier alpha value is -0.580. The smallest absolute Gasteiger partial charge is 0.182 e. The third kappa shape index (κ3) is 3.94. The molecule has 0 fully saturated rings. The van der Waals surface area contributed by atoms with Crippen molar-refractivity contribution < 1.29 is 8.42 Å². The van der Waals surface area contributed by atoms with E-state index in [0.717, 1.165) is 12.8 Å². The van der Waals surface area contributed by atoms with E-state index >= 15 is 0 Å². The molecule has 2 unspecified atom stereocenters. The molecule has 1 aromatic carbocycles. The quantitative estimate of drug-likeness (QED) is 0.841. The van der Waals surface area contributed by atoms with Gasteiger partial charge in [0.25, 0.3) is 0 Å². The monoisotopic (exact) mass is 303 g/mol. The highest BCUT2D eigenvalue weighted by molar-refractivity contribution is 7.92. The Labute approximate surface area is 121 Å². The minimum Gasteiger partial charge on any atom is -0.316 e. The van der Waals surface area contributed by atoms with Gasteiger partial charge in [0, 0.05) is 11.1 Å². The molecule has 0 saturated carbocycles. The van der Waals surface area contributed by atoms with Gasteiger partial charge in [-0.3, -0.25) is 0 Å². The first-order valence-corrected chi connectivity index (χ1v) is 8.56. The molecule has 0 bridgehead atoms. The van der Waals surface area contributed by atoms with Gasteiger partial charge >= 0.3 is 0 Å². The van der Waals surface area contributed by atoms with Gasteiger partial charge in [-0.2, -0.15) is 0 Å². The zero-order valence-corrected chi connectivity index (χ0v) is 13.3. The van der Waals surface area contributed by atoms with E-state index in [2.05, 4.69) is 12.2 Å². The van der Waals surface area contributed by atoms with Crippen molar-refractivity contribution in [1.29, 1.82) is 0 Å². The van der Waals surface area contributed by atoms with Crippen LogP contribution in [0.3, 0.4) is 0 Å². The Bertz CT molecular complexity index is 502. The topological polar surface area (TPSA) is 46.2 Å². The Morgan fingerprint density at radius 2 is 2.00 bits per heavy atom. The summed E-state index contributed by atoms with van der Waals surface area (Å²) in [7, 11) is -1.54. The van der Waals surface area contributed by atoms with Crippen LogP contribution in [0.15, 0.2) is 29.2 Å². The lowest BCUT2D eigenvalue weighted by molar-refractivity contribution is 0.464. The minimum absolute atomic E-state index is 0.0287. The fourth-order valence-corrected chi connectivity index (χ4v) is 4.67. The minimum atomic E-state index is -3.35. The molecule has 1 N–H and O–H groups in total. The number of rotatable bonds is 7. The van der Waals surface area contributed by atoms with Crippen LogP contribution in [0.25, 0.3) is 0 Å². The van der Waals surface area contributed by atoms with E-state index in [1.54, 1.807) is 18.2 Å². The summed E-state index contributed by atoms with van der Waals surface area (Å²) in [6, 6.07) is 6.47. The van der Waals surface area contributed by atoms with E-state index in [-0.39, 0.29) is 6.04 Å². The zero-order chi connectivity index (χ0) is 14.5. The van der Waals surface area contributed by atoms with Crippen molar-refractivity contribution in [2.45, 2.75) is 49.3 Å². The zero-order valence-electron chi connectivity index (χ0n) is 11.7. The molecule has 0 aliphatic heterocycles. The lowest BCUT2D eigenvalue weighted by atomic mass is 10.1. The number of sulfone groups is 1. The molecule has 19 heavy (non-hydrogen) atoms. The van der Waals surface area contributed by atoms with E-state index in [0.29, 0.717) is 16.3 Å². The van der Waals surface area contributed by atoms with Crippen LogP contribution in [0.5, 0.6) is 0 Å². The van der Waals surface area contributed by atoms with Crippen LogP contribution >= 0.6 is 11.6 Å². The van der Waals surface area contributed by atoms with E-state index in [1.165, 1.54) is 6.07 Å². The highest BCUT2D eigenvalue weighted by atomic mass is 35.5. The highest BCUT2D eigenvalue weighted by Gasteiger charge is 2.32. The fraction of sp³-hybridized carbons (Fsp3) is 0.571. The van der Waals surface area contributed by atoms with Gasteiger partial charge in [-0.25, -0.2) is 8.42 Å². The normalized spacial score (nSPS) is 15.2. The van der Waals surface area contributed by atoms with Crippen LogP contribution in [0.2, 0.25) is 5.02 Å². The second-order valence-electron chi connectivity index (χ2n) is 4.63. The summed E-state index contributed by atoms with van der Waals surface area (Å²) in [6.45, 7) is 3.97. The maximum Gasteiger partial charge on any atom is 0.182 e. The molecule has 1 aromatic rings. The summed E-state index contributed by atoms with van der Waals surface area (Å²) in [5, 5.41) is 3.16. The molecule has 0 aromatic heterocycles. The maximum absolute atomic E-state index is 12.7. The van der Waals surface area contributed by atoms with Crippen LogP contribution in [0.4, 0.5) is 0 Å². The third-order valence-corrected chi connectivity index (χ3v) is 5.95. The summed E-state index contributed by atoms with van der Waals surface area (Å²) in [5.41, 5.74) is 0. The van der Waals surface area contributed by atoms with Crippen molar-refractivity contribution in [1.82, 2.24) is 5.32 Å². The van der Waals surface area contributed by atoms with E-state index < -0.39 is 15.1 Å². The van der Waals surface area contributed by atoms with Crippen molar-refractivity contribution in [3.05, 3.63) is 29.3 Å². The molecule has 108 valence electrons. The van der Waals surface area contributed by atoms with Gasteiger partial charge in [0.05, 0.1) is 10.1 Å². The molecular weight excluding hydrogens is 282 g/mol. The molecule has 5 heteroatoms. The number of halogens is 1. The van der Waals surface area contributed by atoms with Gasteiger partial charge in [0.15, 0.2) is 9.84 Å². The lowest BCUT2D eigenvalue weighted by Crippen LogP contribution is -2.42. The van der Waals surface area contributed by atoms with E-state index in [1.807, 2.05) is 14.0 Å². The molecule has 0 aliphatic carbocycles. The first kappa shape index (κ1) is 16.5. The van der Waals surface area contributed by atoms with Crippen molar-refractivity contribution in [2.24, 2.45) is 0 Å². The van der Waals surface area contributed by atoms with Gasteiger partial charge in [0.2, 0.25) is 0 Å². The van der Waals surface area contributed by atoms with Crippen LogP contribution < -0.4 is 5.32 Å². The predicted octanol–water partition coefficient (Wildman–Crippen LogP) is 3.28. The number of nitrogens with one attached hydrogen (secondary N) is 1. The van der Waals surface area contributed by atoms with Crippen LogP contribution in [0, 0.1) is 0 Å². The van der Waals surface area contributed by atoms with Gasteiger partial charge in [-0.1, -0.05) is 37.9 Å². The average molecular weight is 304 g/mol. The summed E-state index contributed by atoms with van der Waals surface area (Å²) >= 11 is 5.89. The van der Waals surface area contributed by atoms with Crippen LogP contribution in [-0.2, 0) is 9.84 Å². The highest BCUT2D eigenvalue weighted by Crippen LogP contribution is 2.24. The molecular formula is C14H22ClNO2S. The Morgan fingerprint density at radius 1 is 1.32 bits per heavy atom. The number of hydrogen-bond donors (Lipinski definition) is 1. The van der Waals surface area contributed by atoms with Crippen molar-refractivity contribution in [3.63, 3.8) is 0 Å². The third-order valence-electron chi connectivity index (χ3n) is 3.34. The first-order valence-electron chi connectivity index (χ1n) is 6.64. The molecule has 0 amide bonds. The second kappa shape index (κ2) is 7.27. The van der Waals surface area contributed by atoms with Gasteiger partial charge in [-0.05, 0) is 38.1 Å². The lowest BCUT2D eigenvalue weighted by Gasteiger charge is -2.25. The van der Waals surface area contributed by atoms with Crippen molar-refractivity contribution in [2.75, 3.05) is 7.05 Å². The Kier molecular flexibility index (Phi) is 6.30. The Morgan fingerprint density at radius 3 is 2.47 bits per heavy atom. The summed E-state index contributed by atoms with van der Waals surface area (Å²) in [5.74, 6) is 0. The molecule has 0 saturated heterocycles. The molecule has 0 aliphatic rings. The Balaban J connectivity index is 3.14. The molecule has 2 atom stereocenters. The molecule has 3 nitrogen and oxygen atoms in total. The molecule has 0 radical (unpaired) electrons. The van der Waals surface area contributed by atoms with Crippen molar-refractivity contribution in [3.8, 4) is 0 Å². The van der Waals surface area contributed by atoms with Gasteiger partial charge < -0.3 is 5.32 Å². The second-order valence-corrected chi connectivity index (χ2v) is 7.24. The molecule has 0 heterocycles. The summed E-state index contributed by atoms with van der Waals surface area (Å²) in [6.07, 6.45) is 2.38. The van der Waals surface area contributed by atoms with Crippen LogP contribution in [0.1, 0.15) is 33.1 Å². The first-order chi connectivity index (χ1) is 8.97. The largest absolute Gasteiger partial charge is 0.316 e. The summed E-state index contributed by atoms with van der Waals surface area (Å²) in [4.78, 5) is 0.309. The standard InChI is InChI=1S/C14H22ClNO2S/c1-4-7-13(16-3)14(5-2)19(17,18)12-9-6-8-11(15)10-12/h6,8-10,13-14,16H,4-5,7H2,1-3H3. The fourth-order valence-electron chi connectivity index (χ4n) is 2.37. The van der Waals surface area contributed by atoms with E-state index in [9.17, 15) is 8.42 Å². The predicted molar refractivity (Wildman–Crippen MR) is 80.5 cm³/mol. The van der Waals surface area contributed by atoms with Gasteiger partial charge in [0.1, 0.15) is 0 Å². The van der Waals surface area contributed by atoms with E-state index in [4.69, 9.17) is 11.6 Å². The SMILES string of the molecule is CCCC(NC)C(CC)S(=O)(=O)c1cccc(Cl)c1. The molecule has 1 rings (SSSR count). The number of hydrogen-bond acceptors (Lipinski definition) is 3.